The molecule has 2 saturated heterocycles. The van der Waals surface area contributed by atoms with E-state index in [0.717, 1.165) is 68.6 Å². The van der Waals surface area contributed by atoms with Crippen LogP contribution >= 0.6 is 0 Å². The maximum absolute atomic E-state index is 5.21. The second-order valence-electron chi connectivity index (χ2n) is 6.89. The van der Waals surface area contributed by atoms with Gasteiger partial charge < -0.3 is 9.42 Å². The molecule has 0 bridgehead atoms. The number of hydrogen-bond acceptors (Lipinski definition) is 7. The number of anilines is 1. The Bertz CT molecular complexity index is 847. The summed E-state index contributed by atoms with van der Waals surface area (Å²) in [5.41, 5.74) is 0.836. The summed E-state index contributed by atoms with van der Waals surface area (Å²) >= 11 is 0. The fraction of sp³-hybridized carbons (Fsp3) is 0.529. The fourth-order valence-electron chi connectivity index (χ4n) is 3.66. The minimum atomic E-state index is 0.403. The van der Waals surface area contributed by atoms with E-state index < -0.39 is 0 Å². The largest absolute Gasteiger partial charge is 0.360 e. The van der Waals surface area contributed by atoms with Crippen LogP contribution in [0.2, 0.25) is 0 Å². The van der Waals surface area contributed by atoms with Gasteiger partial charge in [0.05, 0.1) is 12.7 Å². The van der Waals surface area contributed by atoms with E-state index in [1.54, 1.807) is 6.20 Å². The Morgan fingerprint density at radius 3 is 2.64 bits per heavy atom. The topological polar surface area (TPSA) is 75.6 Å². The predicted octanol–water partition coefficient (Wildman–Crippen LogP) is 1.70. The van der Waals surface area contributed by atoms with Gasteiger partial charge in [-0.15, -0.1) is 15.3 Å². The average Bonchev–Trinajstić information content (AvgIpc) is 3.23. The third kappa shape index (κ3) is 2.76. The first kappa shape index (κ1) is 14.8. The molecule has 0 atom stereocenters. The summed E-state index contributed by atoms with van der Waals surface area (Å²) in [5.74, 6) is 3.35. The predicted molar refractivity (Wildman–Crippen MR) is 91.4 cm³/mol. The molecule has 5 heterocycles. The highest BCUT2D eigenvalue weighted by molar-refractivity contribution is 5.47. The summed E-state index contributed by atoms with van der Waals surface area (Å²) in [4.78, 5) is 4.70. The van der Waals surface area contributed by atoms with Gasteiger partial charge in [-0.05, 0) is 44.5 Å². The molecule has 2 fully saturated rings. The monoisotopic (exact) mass is 339 g/mol. The molecule has 3 aromatic heterocycles. The molecule has 0 unspecified atom stereocenters. The zero-order chi connectivity index (χ0) is 16.6. The molecule has 0 spiro atoms. The highest BCUT2D eigenvalue weighted by Crippen LogP contribution is 2.28. The molecule has 8 heteroatoms. The molecule has 0 aromatic carbocycles. The van der Waals surface area contributed by atoms with Crippen molar-refractivity contribution in [3.05, 3.63) is 36.0 Å². The van der Waals surface area contributed by atoms with Crippen LogP contribution in [0.4, 0.5) is 5.82 Å². The van der Waals surface area contributed by atoms with E-state index in [9.17, 15) is 0 Å². The van der Waals surface area contributed by atoms with E-state index in [-0.39, 0.29) is 0 Å². The van der Waals surface area contributed by atoms with Gasteiger partial charge in [-0.2, -0.15) is 4.52 Å². The molecule has 2 aliphatic heterocycles. The van der Waals surface area contributed by atoms with Crippen LogP contribution in [0.15, 0.2) is 28.9 Å². The molecule has 130 valence electrons. The molecular formula is C17H21N7O. The van der Waals surface area contributed by atoms with E-state index in [0.29, 0.717) is 5.92 Å². The first-order valence-corrected chi connectivity index (χ1v) is 8.96. The molecule has 2 aliphatic rings. The Kier molecular flexibility index (Phi) is 3.62. The normalized spacial score (nSPS) is 19.4. The molecule has 3 aromatic rings. The standard InChI is InChI=1S/C17H21N7O/c1-8-23(9-1)16-3-2-15-19-20-17(24(15)21-16)13-5-10-22(11-6-13)12-14-4-7-18-25-14/h2-4,7,13H,1,5-6,8-12H2. The van der Waals surface area contributed by atoms with Crippen molar-refractivity contribution in [2.45, 2.75) is 31.7 Å². The van der Waals surface area contributed by atoms with Gasteiger partial charge in [0.15, 0.2) is 17.2 Å². The third-order valence-electron chi connectivity index (χ3n) is 5.28. The van der Waals surface area contributed by atoms with E-state index in [1.165, 1.54) is 6.42 Å². The van der Waals surface area contributed by atoms with Gasteiger partial charge in [-0.25, -0.2) is 0 Å². The average molecular weight is 339 g/mol. The number of nitrogens with zero attached hydrogens (tertiary/aromatic N) is 7. The van der Waals surface area contributed by atoms with Gasteiger partial charge in [0.1, 0.15) is 5.82 Å². The second kappa shape index (κ2) is 6.11. The Hall–Kier alpha value is -2.48. The minimum Gasteiger partial charge on any atom is -0.360 e. The van der Waals surface area contributed by atoms with Crippen molar-refractivity contribution >= 4 is 11.5 Å². The van der Waals surface area contributed by atoms with Crippen LogP contribution in [0.25, 0.3) is 5.65 Å². The van der Waals surface area contributed by atoms with E-state index in [2.05, 4.69) is 25.2 Å². The van der Waals surface area contributed by atoms with Crippen LogP contribution in [0.3, 0.4) is 0 Å². The maximum Gasteiger partial charge on any atom is 0.178 e. The van der Waals surface area contributed by atoms with Gasteiger partial charge in [-0.3, -0.25) is 4.90 Å². The maximum atomic E-state index is 5.21. The number of fused-ring (bicyclic) bond motifs is 1. The first-order chi connectivity index (χ1) is 12.4. The molecule has 0 aliphatic carbocycles. The zero-order valence-corrected chi connectivity index (χ0v) is 14.1. The zero-order valence-electron chi connectivity index (χ0n) is 14.1. The van der Waals surface area contributed by atoms with Gasteiger partial charge in [-0.1, -0.05) is 5.16 Å². The smallest absolute Gasteiger partial charge is 0.178 e. The molecule has 25 heavy (non-hydrogen) atoms. The van der Waals surface area contributed by atoms with Crippen LogP contribution in [-0.2, 0) is 6.54 Å². The van der Waals surface area contributed by atoms with Crippen LogP contribution < -0.4 is 4.90 Å². The first-order valence-electron chi connectivity index (χ1n) is 8.96. The molecular weight excluding hydrogens is 318 g/mol. The third-order valence-corrected chi connectivity index (χ3v) is 5.28. The van der Waals surface area contributed by atoms with Crippen molar-refractivity contribution in [3.8, 4) is 0 Å². The molecule has 0 radical (unpaired) electrons. The SMILES string of the molecule is c1cc(CN2CCC(c3nnc4ccc(N5CCC5)nn34)CC2)on1. The number of hydrogen-bond donors (Lipinski definition) is 0. The van der Waals surface area contributed by atoms with Crippen LogP contribution in [-0.4, -0.2) is 56.0 Å². The minimum absolute atomic E-state index is 0.403. The summed E-state index contributed by atoms with van der Waals surface area (Å²) < 4.78 is 7.16. The number of piperidine rings is 1. The van der Waals surface area contributed by atoms with E-state index >= 15 is 0 Å². The summed E-state index contributed by atoms with van der Waals surface area (Å²) in [7, 11) is 0. The molecule has 5 rings (SSSR count). The van der Waals surface area contributed by atoms with Crippen molar-refractivity contribution in [3.63, 3.8) is 0 Å². The van der Waals surface area contributed by atoms with Crippen molar-refractivity contribution in [2.24, 2.45) is 0 Å². The van der Waals surface area contributed by atoms with Crippen LogP contribution in [0, 0.1) is 0 Å². The van der Waals surface area contributed by atoms with E-state index in [4.69, 9.17) is 9.62 Å². The van der Waals surface area contributed by atoms with Crippen LogP contribution in [0.1, 0.15) is 36.8 Å². The number of aromatic nitrogens is 5. The number of rotatable bonds is 4. The highest BCUT2D eigenvalue weighted by Gasteiger charge is 2.26. The summed E-state index contributed by atoms with van der Waals surface area (Å²) in [6.07, 6.45) is 5.07. The molecule has 8 nitrogen and oxygen atoms in total. The summed E-state index contributed by atoms with van der Waals surface area (Å²) in [6.45, 7) is 5.05. The summed E-state index contributed by atoms with van der Waals surface area (Å²) in [6, 6.07) is 6.00. The van der Waals surface area contributed by atoms with Gasteiger partial charge >= 0.3 is 0 Å². The molecule has 0 amide bonds. The molecule has 0 N–H and O–H groups in total. The van der Waals surface area contributed by atoms with Crippen LogP contribution in [0.5, 0.6) is 0 Å². The van der Waals surface area contributed by atoms with Crippen molar-refractivity contribution in [1.29, 1.82) is 0 Å². The Morgan fingerprint density at radius 1 is 1.04 bits per heavy atom. The van der Waals surface area contributed by atoms with Crippen molar-refractivity contribution in [1.82, 2.24) is 29.9 Å². The molecule has 0 saturated carbocycles. The van der Waals surface area contributed by atoms with Crippen molar-refractivity contribution < 1.29 is 4.52 Å². The lowest BCUT2D eigenvalue weighted by Gasteiger charge is -2.32. The fourth-order valence-corrected chi connectivity index (χ4v) is 3.66. The second-order valence-corrected chi connectivity index (χ2v) is 6.89. The van der Waals surface area contributed by atoms with Gasteiger partial charge in [0, 0.05) is 25.1 Å². The highest BCUT2D eigenvalue weighted by atomic mass is 16.5. The summed E-state index contributed by atoms with van der Waals surface area (Å²) in [5, 5.41) is 17.3. The number of likely N-dealkylation sites (tertiary alicyclic amines) is 1. The Balaban J connectivity index is 1.32. The lowest BCUT2D eigenvalue weighted by atomic mass is 9.96. The van der Waals surface area contributed by atoms with Gasteiger partial charge in [0.25, 0.3) is 0 Å². The quantitative estimate of drug-likeness (QED) is 0.716. The Morgan fingerprint density at radius 2 is 1.92 bits per heavy atom. The lowest BCUT2D eigenvalue weighted by molar-refractivity contribution is 0.181. The van der Waals surface area contributed by atoms with Crippen molar-refractivity contribution in [2.75, 3.05) is 31.1 Å². The van der Waals surface area contributed by atoms with E-state index in [1.807, 2.05) is 22.7 Å². The Labute approximate surface area is 145 Å². The lowest BCUT2D eigenvalue weighted by Crippen LogP contribution is -2.38. The van der Waals surface area contributed by atoms with Gasteiger partial charge in [0.2, 0.25) is 0 Å².